The summed E-state index contributed by atoms with van der Waals surface area (Å²) in [5.74, 6) is 0.369. The van der Waals surface area contributed by atoms with Gasteiger partial charge in [0.2, 0.25) is 5.88 Å². The van der Waals surface area contributed by atoms with E-state index in [0.29, 0.717) is 11.6 Å². The van der Waals surface area contributed by atoms with Crippen LogP contribution in [0.4, 0.5) is 0 Å². The maximum atomic E-state index is 11.9. The lowest BCUT2D eigenvalue weighted by molar-refractivity contribution is 0.0903. The highest BCUT2D eigenvalue weighted by atomic mass is 16.5. The third kappa shape index (κ3) is 1.36. The monoisotopic (exact) mass is 192 g/mol. The van der Waals surface area contributed by atoms with Gasteiger partial charge in [0.25, 0.3) is 0 Å². The number of hydrogen-bond acceptors (Lipinski definition) is 4. The van der Waals surface area contributed by atoms with Crippen LogP contribution in [0.25, 0.3) is 0 Å². The summed E-state index contributed by atoms with van der Waals surface area (Å²) in [6.07, 6.45) is 4.91. The highest BCUT2D eigenvalue weighted by molar-refractivity contribution is 6.02. The van der Waals surface area contributed by atoms with Crippen molar-refractivity contribution in [3.63, 3.8) is 0 Å². The predicted octanol–water partition coefficient (Wildman–Crippen LogP) is 1.47. The Hall–Kier alpha value is -1.45. The molecule has 0 radical (unpaired) electrons. The van der Waals surface area contributed by atoms with Crippen molar-refractivity contribution in [2.24, 2.45) is 5.41 Å². The van der Waals surface area contributed by atoms with Crippen LogP contribution in [0.15, 0.2) is 12.4 Å². The summed E-state index contributed by atoms with van der Waals surface area (Å²) in [6, 6.07) is 0. The van der Waals surface area contributed by atoms with Crippen LogP contribution in [-0.4, -0.2) is 22.9 Å². The van der Waals surface area contributed by atoms with Gasteiger partial charge in [0.1, 0.15) is 0 Å². The molecular weight excluding hydrogens is 180 g/mol. The quantitative estimate of drug-likeness (QED) is 0.680. The molecule has 0 atom stereocenters. The van der Waals surface area contributed by atoms with Gasteiger partial charge >= 0.3 is 0 Å². The SMILES string of the molecule is COc1nccnc1C(=O)C1(C)CC1. The Kier molecular flexibility index (Phi) is 1.98. The summed E-state index contributed by atoms with van der Waals surface area (Å²) in [4.78, 5) is 19.9. The fourth-order valence-corrected chi connectivity index (χ4v) is 1.33. The van der Waals surface area contributed by atoms with Gasteiger partial charge in [-0.2, -0.15) is 0 Å². The van der Waals surface area contributed by atoms with Crippen molar-refractivity contribution in [1.82, 2.24) is 9.97 Å². The molecule has 0 saturated heterocycles. The molecule has 0 bridgehead atoms. The molecule has 4 nitrogen and oxygen atoms in total. The van der Waals surface area contributed by atoms with Gasteiger partial charge in [0.15, 0.2) is 11.5 Å². The molecule has 0 unspecified atom stereocenters. The van der Waals surface area contributed by atoms with Crippen molar-refractivity contribution in [3.8, 4) is 5.88 Å². The lowest BCUT2D eigenvalue weighted by atomic mass is 10.0. The summed E-state index contributed by atoms with van der Waals surface area (Å²) in [5.41, 5.74) is 0.138. The molecule has 1 aliphatic carbocycles. The van der Waals surface area contributed by atoms with E-state index >= 15 is 0 Å². The number of aromatic nitrogens is 2. The number of carbonyl (C=O) groups excluding carboxylic acids is 1. The summed E-state index contributed by atoms with van der Waals surface area (Å²) >= 11 is 0. The zero-order valence-electron chi connectivity index (χ0n) is 8.28. The van der Waals surface area contributed by atoms with E-state index in [1.807, 2.05) is 6.92 Å². The zero-order chi connectivity index (χ0) is 10.2. The van der Waals surface area contributed by atoms with E-state index in [0.717, 1.165) is 12.8 Å². The molecule has 0 aromatic carbocycles. The second-order valence-corrected chi connectivity index (χ2v) is 3.80. The van der Waals surface area contributed by atoms with E-state index in [1.54, 1.807) is 0 Å². The number of ether oxygens (including phenoxy) is 1. The fraction of sp³-hybridized carbons (Fsp3) is 0.500. The summed E-state index contributed by atoms with van der Waals surface area (Å²) in [6.45, 7) is 1.95. The molecule has 2 rings (SSSR count). The van der Waals surface area contributed by atoms with Crippen molar-refractivity contribution >= 4 is 5.78 Å². The predicted molar refractivity (Wildman–Crippen MR) is 50.3 cm³/mol. The Bertz CT molecular complexity index is 372. The van der Waals surface area contributed by atoms with Crippen molar-refractivity contribution in [3.05, 3.63) is 18.1 Å². The van der Waals surface area contributed by atoms with E-state index in [2.05, 4.69) is 9.97 Å². The van der Waals surface area contributed by atoms with Crippen LogP contribution in [0.3, 0.4) is 0 Å². The highest BCUT2D eigenvalue weighted by Crippen LogP contribution is 2.47. The second-order valence-electron chi connectivity index (χ2n) is 3.80. The minimum atomic E-state index is -0.219. The first kappa shape index (κ1) is 9.12. The van der Waals surface area contributed by atoms with E-state index in [9.17, 15) is 4.79 Å². The molecule has 0 amide bonds. The maximum absolute atomic E-state index is 11.9. The Morgan fingerprint density at radius 1 is 1.43 bits per heavy atom. The highest BCUT2D eigenvalue weighted by Gasteiger charge is 2.46. The van der Waals surface area contributed by atoms with Crippen molar-refractivity contribution in [2.75, 3.05) is 7.11 Å². The number of Topliss-reactive ketones (excluding diaryl/α,β-unsaturated/α-hetero) is 1. The van der Waals surface area contributed by atoms with Gasteiger partial charge in [-0.25, -0.2) is 9.97 Å². The van der Waals surface area contributed by atoms with E-state index in [4.69, 9.17) is 4.74 Å². The van der Waals surface area contributed by atoms with E-state index in [-0.39, 0.29) is 11.2 Å². The molecule has 0 aliphatic heterocycles. The van der Waals surface area contributed by atoms with Crippen LogP contribution in [0, 0.1) is 5.41 Å². The fourth-order valence-electron chi connectivity index (χ4n) is 1.33. The number of nitrogens with zero attached hydrogens (tertiary/aromatic N) is 2. The Labute approximate surface area is 82.3 Å². The Morgan fingerprint density at radius 3 is 2.64 bits per heavy atom. The molecule has 1 aromatic rings. The van der Waals surface area contributed by atoms with Crippen LogP contribution < -0.4 is 4.74 Å². The molecule has 0 spiro atoms. The van der Waals surface area contributed by atoms with Gasteiger partial charge < -0.3 is 4.74 Å². The first-order valence-electron chi connectivity index (χ1n) is 4.57. The van der Waals surface area contributed by atoms with Crippen molar-refractivity contribution in [1.29, 1.82) is 0 Å². The van der Waals surface area contributed by atoms with Crippen LogP contribution in [-0.2, 0) is 0 Å². The lowest BCUT2D eigenvalue weighted by Crippen LogP contribution is -2.15. The molecular formula is C10H12N2O2. The van der Waals surface area contributed by atoms with Crippen molar-refractivity contribution < 1.29 is 9.53 Å². The lowest BCUT2D eigenvalue weighted by Gasteiger charge is -2.08. The van der Waals surface area contributed by atoms with Gasteiger partial charge in [-0.1, -0.05) is 6.92 Å². The standard InChI is InChI=1S/C10H12N2O2/c1-10(3-4-10)8(13)7-9(14-2)12-6-5-11-7/h5-6H,3-4H2,1-2H3. The number of rotatable bonds is 3. The first-order valence-corrected chi connectivity index (χ1v) is 4.57. The van der Waals surface area contributed by atoms with Crippen LogP contribution >= 0.6 is 0 Å². The van der Waals surface area contributed by atoms with Crippen LogP contribution in [0.2, 0.25) is 0 Å². The third-order valence-electron chi connectivity index (χ3n) is 2.62. The summed E-state index contributed by atoms with van der Waals surface area (Å²) in [5, 5.41) is 0. The minimum absolute atomic E-state index is 0.0439. The Morgan fingerprint density at radius 2 is 2.07 bits per heavy atom. The second kappa shape index (κ2) is 3.04. The van der Waals surface area contributed by atoms with Gasteiger partial charge in [-0.3, -0.25) is 4.79 Å². The number of methoxy groups -OCH3 is 1. The Balaban J connectivity index is 2.35. The van der Waals surface area contributed by atoms with Gasteiger partial charge in [-0.15, -0.1) is 0 Å². The number of ketones is 1. The average molecular weight is 192 g/mol. The zero-order valence-corrected chi connectivity index (χ0v) is 8.28. The molecule has 74 valence electrons. The van der Waals surface area contributed by atoms with Crippen molar-refractivity contribution in [2.45, 2.75) is 19.8 Å². The largest absolute Gasteiger partial charge is 0.479 e. The normalized spacial score (nSPS) is 17.6. The summed E-state index contributed by atoms with van der Waals surface area (Å²) < 4.78 is 4.99. The van der Waals surface area contributed by atoms with Gasteiger partial charge in [0, 0.05) is 17.8 Å². The van der Waals surface area contributed by atoms with Gasteiger partial charge in [-0.05, 0) is 12.8 Å². The van der Waals surface area contributed by atoms with E-state index < -0.39 is 0 Å². The molecule has 4 heteroatoms. The molecule has 1 aromatic heterocycles. The third-order valence-corrected chi connectivity index (χ3v) is 2.62. The molecule has 1 fully saturated rings. The molecule has 1 aliphatic rings. The number of hydrogen-bond donors (Lipinski definition) is 0. The van der Waals surface area contributed by atoms with Crippen LogP contribution in [0.1, 0.15) is 30.3 Å². The topological polar surface area (TPSA) is 52.1 Å². The van der Waals surface area contributed by atoms with Crippen LogP contribution in [0.5, 0.6) is 5.88 Å². The smallest absolute Gasteiger partial charge is 0.243 e. The summed E-state index contributed by atoms with van der Waals surface area (Å²) in [7, 11) is 1.50. The molecule has 14 heavy (non-hydrogen) atoms. The molecule has 1 saturated carbocycles. The molecule has 1 heterocycles. The van der Waals surface area contributed by atoms with E-state index in [1.165, 1.54) is 19.5 Å². The molecule has 0 N–H and O–H groups in total. The minimum Gasteiger partial charge on any atom is -0.479 e. The maximum Gasteiger partial charge on any atom is 0.243 e. The van der Waals surface area contributed by atoms with Gasteiger partial charge in [0.05, 0.1) is 7.11 Å². The first-order chi connectivity index (χ1) is 6.67. The number of carbonyl (C=O) groups is 1. The average Bonchev–Trinajstić information content (AvgIpc) is 2.97.